The third-order valence-corrected chi connectivity index (χ3v) is 2.82. The van der Waals surface area contributed by atoms with Gasteiger partial charge in [-0.25, -0.2) is 4.98 Å². The van der Waals surface area contributed by atoms with Crippen LogP contribution in [0.2, 0.25) is 0 Å². The first kappa shape index (κ1) is 12.9. The Balaban J connectivity index is 2.20. The first-order valence-corrected chi connectivity index (χ1v) is 5.85. The predicted molar refractivity (Wildman–Crippen MR) is 71.9 cm³/mol. The summed E-state index contributed by atoms with van der Waals surface area (Å²) in [5, 5.41) is 14.0. The minimum absolute atomic E-state index is 0.0245. The van der Waals surface area contributed by atoms with Gasteiger partial charge in [0.25, 0.3) is 5.69 Å². The summed E-state index contributed by atoms with van der Waals surface area (Å²) in [7, 11) is 0. The molecule has 1 unspecified atom stereocenters. The van der Waals surface area contributed by atoms with Crippen LogP contribution < -0.4 is 5.32 Å². The Bertz CT molecular complexity index is 586. The van der Waals surface area contributed by atoms with Crippen LogP contribution in [-0.2, 0) is 0 Å². The van der Waals surface area contributed by atoms with E-state index < -0.39 is 4.92 Å². The van der Waals surface area contributed by atoms with E-state index in [9.17, 15) is 10.1 Å². The fourth-order valence-electron chi connectivity index (χ4n) is 1.73. The molecule has 6 nitrogen and oxygen atoms in total. The van der Waals surface area contributed by atoms with Crippen molar-refractivity contribution in [1.29, 1.82) is 0 Å². The number of nitrogens with one attached hydrogen (secondary N) is 1. The largest absolute Gasteiger partial charge is 0.363 e. The van der Waals surface area contributed by atoms with Crippen LogP contribution in [0, 0.1) is 17.0 Å². The summed E-state index contributed by atoms with van der Waals surface area (Å²) in [5.74, 6) is 0.480. The van der Waals surface area contributed by atoms with Gasteiger partial charge < -0.3 is 5.32 Å². The molecule has 19 heavy (non-hydrogen) atoms. The number of hydrogen-bond donors (Lipinski definition) is 1. The molecule has 0 aliphatic heterocycles. The lowest BCUT2D eigenvalue weighted by molar-refractivity contribution is -0.385. The smallest absolute Gasteiger partial charge is 0.277 e. The highest BCUT2D eigenvalue weighted by atomic mass is 16.6. The van der Waals surface area contributed by atoms with Crippen LogP contribution in [0.15, 0.2) is 36.8 Å². The van der Waals surface area contributed by atoms with Crippen molar-refractivity contribution in [3.8, 4) is 0 Å². The summed E-state index contributed by atoms with van der Waals surface area (Å²) in [4.78, 5) is 18.7. The maximum atomic E-state index is 10.9. The molecule has 98 valence electrons. The number of hydrogen-bond acceptors (Lipinski definition) is 5. The van der Waals surface area contributed by atoms with Crippen molar-refractivity contribution in [2.24, 2.45) is 0 Å². The molecule has 2 rings (SSSR count). The van der Waals surface area contributed by atoms with Gasteiger partial charge in [-0.1, -0.05) is 6.07 Å². The lowest BCUT2D eigenvalue weighted by Gasteiger charge is -2.14. The number of pyridine rings is 2. The Morgan fingerprint density at radius 2 is 2.21 bits per heavy atom. The number of nitro groups is 1. The van der Waals surface area contributed by atoms with Crippen molar-refractivity contribution in [3.05, 3.63) is 58.0 Å². The van der Waals surface area contributed by atoms with Crippen molar-refractivity contribution in [2.75, 3.05) is 5.32 Å². The zero-order chi connectivity index (χ0) is 13.8. The average molecular weight is 258 g/mol. The highest BCUT2D eigenvalue weighted by Gasteiger charge is 2.13. The van der Waals surface area contributed by atoms with E-state index in [0.717, 1.165) is 5.56 Å². The summed E-state index contributed by atoms with van der Waals surface area (Å²) >= 11 is 0. The minimum Gasteiger partial charge on any atom is -0.363 e. The number of anilines is 1. The molecule has 0 saturated carbocycles. The second-order valence-corrected chi connectivity index (χ2v) is 4.27. The van der Waals surface area contributed by atoms with Crippen LogP contribution in [0.5, 0.6) is 0 Å². The summed E-state index contributed by atoms with van der Waals surface area (Å²) < 4.78 is 0. The second kappa shape index (κ2) is 5.43. The molecule has 0 fully saturated rings. The van der Waals surface area contributed by atoms with E-state index in [1.807, 2.05) is 19.1 Å². The third kappa shape index (κ3) is 3.04. The summed E-state index contributed by atoms with van der Waals surface area (Å²) in [6, 6.07) is 5.21. The molecular formula is C13H14N4O2. The topological polar surface area (TPSA) is 81.0 Å². The number of aryl methyl sites for hydroxylation is 1. The van der Waals surface area contributed by atoms with Crippen LogP contribution in [0.4, 0.5) is 11.5 Å². The van der Waals surface area contributed by atoms with Crippen LogP contribution in [-0.4, -0.2) is 14.9 Å². The summed E-state index contributed by atoms with van der Waals surface area (Å²) in [5.41, 5.74) is 1.60. The lowest BCUT2D eigenvalue weighted by Crippen LogP contribution is -2.08. The van der Waals surface area contributed by atoms with Crippen molar-refractivity contribution in [1.82, 2.24) is 9.97 Å². The Morgan fingerprint density at radius 3 is 2.84 bits per heavy atom. The van der Waals surface area contributed by atoms with Gasteiger partial charge >= 0.3 is 0 Å². The Labute approximate surface area is 110 Å². The van der Waals surface area contributed by atoms with E-state index in [-0.39, 0.29) is 11.7 Å². The first-order chi connectivity index (χ1) is 9.08. The van der Waals surface area contributed by atoms with E-state index >= 15 is 0 Å². The number of aromatic nitrogens is 2. The molecule has 0 saturated heterocycles. The van der Waals surface area contributed by atoms with Crippen LogP contribution in [0.25, 0.3) is 0 Å². The van der Waals surface area contributed by atoms with Crippen LogP contribution in [0.1, 0.15) is 24.1 Å². The van der Waals surface area contributed by atoms with Gasteiger partial charge in [0.05, 0.1) is 17.0 Å². The quantitative estimate of drug-likeness (QED) is 0.673. The van der Waals surface area contributed by atoms with Crippen molar-refractivity contribution < 1.29 is 4.92 Å². The zero-order valence-corrected chi connectivity index (χ0v) is 10.7. The highest BCUT2D eigenvalue weighted by molar-refractivity contribution is 5.49. The Morgan fingerprint density at radius 1 is 1.42 bits per heavy atom. The van der Waals surface area contributed by atoms with Crippen molar-refractivity contribution in [2.45, 2.75) is 19.9 Å². The Kier molecular flexibility index (Phi) is 3.70. The average Bonchev–Trinajstić information content (AvgIpc) is 2.41. The van der Waals surface area contributed by atoms with Gasteiger partial charge in [0.1, 0.15) is 5.82 Å². The van der Waals surface area contributed by atoms with Gasteiger partial charge in [0.15, 0.2) is 0 Å². The maximum absolute atomic E-state index is 10.9. The summed E-state index contributed by atoms with van der Waals surface area (Å²) in [6.07, 6.45) is 4.95. The molecule has 0 radical (unpaired) electrons. The molecule has 1 N–H and O–H groups in total. The standard InChI is InChI=1S/C13H14N4O2/c1-9-7-15-13(6-12(9)17(18)19)16-10(2)11-4-3-5-14-8-11/h3-8,10H,1-2H3,(H,15,16). The van der Waals surface area contributed by atoms with Crippen LogP contribution in [0.3, 0.4) is 0 Å². The SMILES string of the molecule is Cc1cnc(NC(C)c2cccnc2)cc1[N+](=O)[O-]. The van der Waals surface area contributed by atoms with Crippen molar-refractivity contribution in [3.63, 3.8) is 0 Å². The van der Waals surface area contributed by atoms with Crippen molar-refractivity contribution >= 4 is 11.5 Å². The van der Waals surface area contributed by atoms with Gasteiger partial charge in [0, 0.05) is 24.2 Å². The molecular weight excluding hydrogens is 244 g/mol. The highest BCUT2D eigenvalue weighted by Crippen LogP contribution is 2.23. The number of rotatable bonds is 4. The molecule has 0 bridgehead atoms. The molecule has 6 heteroatoms. The van der Waals surface area contributed by atoms with E-state index in [2.05, 4.69) is 15.3 Å². The van der Waals surface area contributed by atoms with E-state index in [4.69, 9.17) is 0 Å². The fourth-order valence-corrected chi connectivity index (χ4v) is 1.73. The Hall–Kier alpha value is -2.50. The van der Waals surface area contributed by atoms with E-state index in [1.54, 1.807) is 19.3 Å². The van der Waals surface area contributed by atoms with Gasteiger partial charge in [-0.3, -0.25) is 15.1 Å². The van der Waals surface area contributed by atoms with E-state index in [0.29, 0.717) is 11.4 Å². The molecule has 0 aliphatic carbocycles. The number of nitrogens with zero attached hydrogens (tertiary/aromatic N) is 3. The maximum Gasteiger partial charge on any atom is 0.277 e. The zero-order valence-electron chi connectivity index (χ0n) is 10.7. The van der Waals surface area contributed by atoms with Gasteiger partial charge in [-0.05, 0) is 25.5 Å². The van der Waals surface area contributed by atoms with Crippen LogP contribution >= 0.6 is 0 Å². The normalized spacial score (nSPS) is 11.9. The fraction of sp³-hybridized carbons (Fsp3) is 0.231. The minimum atomic E-state index is -0.406. The molecule has 0 amide bonds. The predicted octanol–water partition coefficient (Wildman–Crippen LogP) is 2.87. The molecule has 0 aromatic carbocycles. The van der Waals surface area contributed by atoms with E-state index in [1.165, 1.54) is 12.3 Å². The van der Waals surface area contributed by atoms with Gasteiger partial charge in [0.2, 0.25) is 0 Å². The third-order valence-electron chi connectivity index (χ3n) is 2.82. The van der Waals surface area contributed by atoms with Gasteiger partial charge in [-0.15, -0.1) is 0 Å². The molecule has 1 atom stereocenters. The lowest BCUT2D eigenvalue weighted by atomic mass is 10.1. The molecule has 0 spiro atoms. The molecule has 2 heterocycles. The van der Waals surface area contributed by atoms with Gasteiger partial charge in [-0.2, -0.15) is 0 Å². The second-order valence-electron chi connectivity index (χ2n) is 4.27. The molecule has 0 aliphatic rings. The first-order valence-electron chi connectivity index (χ1n) is 5.85. The molecule has 2 aromatic heterocycles. The monoisotopic (exact) mass is 258 g/mol. The molecule has 2 aromatic rings. The summed E-state index contributed by atoms with van der Waals surface area (Å²) in [6.45, 7) is 3.61.